The van der Waals surface area contributed by atoms with Crippen LogP contribution >= 0.6 is 0 Å². The molecule has 0 bridgehead atoms. The molecule has 0 spiro atoms. The van der Waals surface area contributed by atoms with Crippen LogP contribution < -0.4 is 14.4 Å². The number of carbonyl (C=O) groups excluding carboxylic acids is 2. The van der Waals surface area contributed by atoms with Crippen molar-refractivity contribution in [2.45, 2.75) is 58.0 Å². The van der Waals surface area contributed by atoms with Crippen LogP contribution in [0.5, 0.6) is 5.75 Å². The molecule has 0 saturated carbocycles. The van der Waals surface area contributed by atoms with E-state index in [1.54, 1.807) is 63.4 Å². The third-order valence-electron chi connectivity index (χ3n) is 6.74. The summed E-state index contributed by atoms with van der Waals surface area (Å²) in [6.45, 7) is 9.44. The molecule has 40 heavy (non-hydrogen) atoms. The van der Waals surface area contributed by atoms with Crippen molar-refractivity contribution in [1.82, 2.24) is 10.2 Å². The van der Waals surface area contributed by atoms with E-state index in [0.29, 0.717) is 18.0 Å². The van der Waals surface area contributed by atoms with Crippen molar-refractivity contribution in [2.24, 2.45) is 0 Å². The smallest absolute Gasteiger partial charge is 0.264 e. The Morgan fingerprint density at radius 3 is 2.17 bits per heavy atom. The van der Waals surface area contributed by atoms with E-state index in [0.717, 1.165) is 21.0 Å². The van der Waals surface area contributed by atoms with Crippen LogP contribution in [0.1, 0.15) is 50.3 Å². The molecule has 0 fully saturated rings. The van der Waals surface area contributed by atoms with Crippen LogP contribution in [-0.4, -0.2) is 51.4 Å². The first-order valence-corrected chi connectivity index (χ1v) is 14.8. The van der Waals surface area contributed by atoms with Crippen LogP contribution in [0.25, 0.3) is 0 Å². The topological polar surface area (TPSA) is 96.0 Å². The number of aryl methyl sites for hydroxylation is 1. The lowest BCUT2D eigenvalue weighted by Crippen LogP contribution is -2.51. The molecule has 214 valence electrons. The first kappa shape index (κ1) is 30.7. The Hall–Kier alpha value is -3.85. The van der Waals surface area contributed by atoms with Gasteiger partial charge < -0.3 is 15.0 Å². The minimum atomic E-state index is -4.11. The Morgan fingerprint density at radius 1 is 0.950 bits per heavy atom. The largest absolute Gasteiger partial charge is 0.497 e. The first-order valence-electron chi connectivity index (χ1n) is 13.4. The summed E-state index contributed by atoms with van der Waals surface area (Å²) in [5.74, 6) is 0.0386. The molecule has 2 amide bonds. The Kier molecular flexibility index (Phi) is 10.3. The molecule has 1 atom stereocenters. The fourth-order valence-electron chi connectivity index (χ4n) is 4.26. The Morgan fingerprint density at radius 2 is 1.60 bits per heavy atom. The van der Waals surface area contributed by atoms with E-state index in [1.165, 1.54) is 17.0 Å². The van der Waals surface area contributed by atoms with Gasteiger partial charge in [-0.1, -0.05) is 55.8 Å². The Balaban J connectivity index is 2.05. The third kappa shape index (κ3) is 7.41. The highest BCUT2D eigenvalue weighted by Gasteiger charge is 2.32. The minimum absolute atomic E-state index is 0.0787. The monoisotopic (exact) mass is 565 g/mol. The summed E-state index contributed by atoms with van der Waals surface area (Å²) in [5, 5.41) is 2.76. The highest BCUT2D eigenvalue weighted by molar-refractivity contribution is 7.92. The number of hydrogen-bond donors (Lipinski definition) is 1. The molecule has 3 aromatic rings. The average molecular weight is 566 g/mol. The molecule has 0 saturated heterocycles. The second-order valence-corrected chi connectivity index (χ2v) is 11.9. The molecule has 0 aliphatic heterocycles. The number of rotatable bonds is 12. The van der Waals surface area contributed by atoms with Crippen molar-refractivity contribution in [3.05, 3.63) is 89.5 Å². The minimum Gasteiger partial charge on any atom is -0.497 e. The molecule has 0 heterocycles. The fraction of sp³-hybridized carbons (Fsp3) is 0.355. The van der Waals surface area contributed by atoms with Crippen molar-refractivity contribution in [1.29, 1.82) is 0 Å². The second kappa shape index (κ2) is 13.5. The van der Waals surface area contributed by atoms with E-state index in [9.17, 15) is 18.0 Å². The molecule has 1 N–H and O–H groups in total. The molecule has 0 aliphatic rings. The highest BCUT2D eigenvalue weighted by Crippen LogP contribution is 2.27. The number of sulfonamides is 1. The van der Waals surface area contributed by atoms with Gasteiger partial charge in [-0.05, 0) is 74.2 Å². The zero-order valence-electron chi connectivity index (χ0n) is 24.0. The van der Waals surface area contributed by atoms with E-state index < -0.39 is 28.5 Å². The predicted octanol–water partition coefficient (Wildman–Crippen LogP) is 4.88. The van der Waals surface area contributed by atoms with E-state index in [-0.39, 0.29) is 23.3 Å². The number of methoxy groups -OCH3 is 1. The Labute approximate surface area is 238 Å². The van der Waals surface area contributed by atoms with Gasteiger partial charge in [0.1, 0.15) is 18.3 Å². The number of ether oxygens (including phenoxy) is 1. The summed E-state index contributed by atoms with van der Waals surface area (Å²) in [5.41, 5.74) is 3.08. The molecule has 0 unspecified atom stereocenters. The first-order chi connectivity index (χ1) is 19.0. The van der Waals surface area contributed by atoms with Crippen molar-refractivity contribution >= 4 is 27.5 Å². The summed E-state index contributed by atoms with van der Waals surface area (Å²) in [6, 6.07) is 20.1. The zero-order valence-corrected chi connectivity index (χ0v) is 24.9. The van der Waals surface area contributed by atoms with Crippen LogP contribution in [0.3, 0.4) is 0 Å². The summed E-state index contributed by atoms with van der Waals surface area (Å²) < 4.78 is 34.3. The summed E-state index contributed by atoms with van der Waals surface area (Å²) in [4.78, 5) is 28.3. The zero-order chi connectivity index (χ0) is 29.4. The van der Waals surface area contributed by atoms with Gasteiger partial charge in [0.15, 0.2) is 0 Å². The van der Waals surface area contributed by atoms with Crippen LogP contribution in [0.15, 0.2) is 77.7 Å². The van der Waals surface area contributed by atoms with Gasteiger partial charge in [0.05, 0.1) is 17.7 Å². The average Bonchev–Trinajstić information content (AvgIpc) is 2.94. The lowest BCUT2D eigenvalue weighted by molar-refractivity contribution is -0.139. The van der Waals surface area contributed by atoms with Gasteiger partial charge in [0.2, 0.25) is 11.8 Å². The molecular formula is C31H39N3O5S. The number of nitrogens with zero attached hydrogens (tertiary/aromatic N) is 2. The quantitative estimate of drug-likeness (QED) is 0.338. The lowest BCUT2D eigenvalue weighted by atomic mass is 10.0. The van der Waals surface area contributed by atoms with Gasteiger partial charge in [0.25, 0.3) is 10.0 Å². The maximum atomic E-state index is 14.0. The van der Waals surface area contributed by atoms with Crippen molar-refractivity contribution in [2.75, 3.05) is 24.5 Å². The summed E-state index contributed by atoms with van der Waals surface area (Å²) in [7, 11) is -2.55. The van der Waals surface area contributed by atoms with Crippen LogP contribution in [-0.2, 0) is 26.2 Å². The van der Waals surface area contributed by atoms with E-state index >= 15 is 0 Å². The number of anilines is 1. The number of benzene rings is 3. The lowest BCUT2D eigenvalue weighted by Gasteiger charge is -2.32. The van der Waals surface area contributed by atoms with Gasteiger partial charge in [0, 0.05) is 13.1 Å². The number of likely N-dealkylation sites (N-methyl/N-ethyl adjacent to an activating group) is 1. The van der Waals surface area contributed by atoms with E-state index in [4.69, 9.17) is 4.74 Å². The normalized spacial score (nSPS) is 12.1. The maximum Gasteiger partial charge on any atom is 0.264 e. The van der Waals surface area contributed by atoms with Crippen molar-refractivity contribution in [3.63, 3.8) is 0 Å². The molecule has 3 rings (SSSR count). The second-order valence-electron chi connectivity index (χ2n) is 10.0. The van der Waals surface area contributed by atoms with E-state index in [1.807, 2.05) is 25.1 Å². The van der Waals surface area contributed by atoms with Crippen LogP contribution in [0, 0.1) is 6.92 Å². The SMILES string of the molecule is CCNC(=O)[C@H](C)N(Cc1cccc(OC)c1)C(=O)CN(c1ccc(C(C)C)cc1)S(=O)(=O)c1ccc(C)cc1. The summed E-state index contributed by atoms with van der Waals surface area (Å²) in [6.07, 6.45) is 0. The molecule has 0 aliphatic carbocycles. The van der Waals surface area contributed by atoms with Crippen LogP contribution in [0.4, 0.5) is 5.69 Å². The van der Waals surface area contributed by atoms with Gasteiger partial charge in [-0.2, -0.15) is 0 Å². The molecule has 8 nitrogen and oxygen atoms in total. The van der Waals surface area contributed by atoms with E-state index in [2.05, 4.69) is 19.2 Å². The van der Waals surface area contributed by atoms with Crippen molar-refractivity contribution in [3.8, 4) is 5.75 Å². The van der Waals surface area contributed by atoms with Gasteiger partial charge in [-0.25, -0.2) is 8.42 Å². The maximum absolute atomic E-state index is 14.0. The predicted molar refractivity (Wildman–Crippen MR) is 158 cm³/mol. The van der Waals surface area contributed by atoms with Crippen LogP contribution in [0.2, 0.25) is 0 Å². The standard InChI is InChI=1S/C31H39N3O5S/c1-7-32-31(36)24(5)33(20-25-9-8-10-28(19-25)39-6)30(35)21-34(27-15-13-26(14-16-27)22(2)3)40(37,38)29-17-11-23(4)12-18-29/h8-19,22,24H,7,20-21H2,1-6H3,(H,32,36)/t24-/m0/s1. The molecule has 3 aromatic carbocycles. The third-order valence-corrected chi connectivity index (χ3v) is 8.53. The van der Waals surface area contributed by atoms with Gasteiger partial charge >= 0.3 is 0 Å². The van der Waals surface area contributed by atoms with Gasteiger partial charge in [-0.15, -0.1) is 0 Å². The number of hydrogen-bond acceptors (Lipinski definition) is 5. The molecule has 0 radical (unpaired) electrons. The fourth-order valence-corrected chi connectivity index (χ4v) is 5.68. The molecule has 9 heteroatoms. The number of nitrogens with one attached hydrogen (secondary N) is 1. The van der Waals surface area contributed by atoms with Gasteiger partial charge in [-0.3, -0.25) is 13.9 Å². The van der Waals surface area contributed by atoms with Crippen molar-refractivity contribution < 1.29 is 22.7 Å². The number of carbonyl (C=O) groups is 2. The molecule has 0 aromatic heterocycles. The summed E-state index contributed by atoms with van der Waals surface area (Å²) >= 11 is 0. The molecular weight excluding hydrogens is 526 g/mol. The Bertz CT molecular complexity index is 1400. The number of amides is 2. The highest BCUT2D eigenvalue weighted by atomic mass is 32.2.